The highest BCUT2D eigenvalue weighted by molar-refractivity contribution is 9.10. The van der Waals surface area contributed by atoms with Crippen LogP contribution in [0.3, 0.4) is 0 Å². The van der Waals surface area contributed by atoms with Gasteiger partial charge in [-0.2, -0.15) is 9.49 Å². The number of nitrogens with zero attached hydrogens (tertiary/aromatic N) is 3. The van der Waals surface area contributed by atoms with E-state index in [1.165, 1.54) is 12.1 Å². The van der Waals surface area contributed by atoms with Crippen molar-refractivity contribution in [2.24, 2.45) is 0 Å². The molecule has 7 heteroatoms. The molecule has 5 nitrogen and oxygen atoms in total. The lowest BCUT2D eigenvalue weighted by atomic mass is 10.2. The van der Waals surface area contributed by atoms with E-state index < -0.39 is 16.4 Å². The van der Waals surface area contributed by atoms with Crippen molar-refractivity contribution in [2.75, 3.05) is 0 Å². The van der Waals surface area contributed by atoms with Crippen LogP contribution in [0.15, 0.2) is 35.1 Å². The minimum Gasteiger partial charge on any atom is -0.267 e. The summed E-state index contributed by atoms with van der Waals surface area (Å²) in [7, 11) is 0. The second-order valence-electron chi connectivity index (χ2n) is 3.40. The molecule has 17 heavy (non-hydrogen) atoms. The minimum atomic E-state index is -0.833. The van der Waals surface area contributed by atoms with Gasteiger partial charge in [-0.25, -0.2) is 0 Å². The number of nitro groups is 1. The Hall–Kier alpha value is -1.76. The summed E-state index contributed by atoms with van der Waals surface area (Å²) < 4.78 is 15.5. The largest absolute Gasteiger partial charge is 0.305 e. The van der Waals surface area contributed by atoms with Crippen molar-refractivity contribution in [1.82, 2.24) is 9.78 Å². The molecule has 0 radical (unpaired) electrons. The van der Waals surface area contributed by atoms with E-state index in [1.54, 1.807) is 17.1 Å². The Morgan fingerprint density at radius 3 is 2.88 bits per heavy atom. The maximum absolute atomic E-state index is 13.1. The topological polar surface area (TPSA) is 61.0 Å². The molecule has 0 N–H and O–H groups in total. The summed E-state index contributed by atoms with van der Waals surface area (Å²) in [5.41, 5.74) is 0.0995. The number of rotatable bonds is 3. The third-order valence-corrected chi connectivity index (χ3v) is 2.56. The van der Waals surface area contributed by atoms with Crippen LogP contribution in [0, 0.1) is 15.9 Å². The molecule has 0 fully saturated rings. The van der Waals surface area contributed by atoms with Crippen LogP contribution in [0.4, 0.5) is 10.1 Å². The van der Waals surface area contributed by atoms with Gasteiger partial charge in [0.05, 0.1) is 22.1 Å². The Kier molecular flexibility index (Phi) is 3.19. The van der Waals surface area contributed by atoms with Gasteiger partial charge in [0.15, 0.2) is 0 Å². The van der Waals surface area contributed by atoms with Crippen molar-refractivity contribution >= 4 is 21.6 Å². The van der Waals surface area contributed by atoms with E-state index >= 15 is 0 Å². The molecule has 0 bridgehead atoms. The quantitative estimate of drug-likeness (QED) is 0.647. The summed E-state index contributed by atoms with van der Waals surface area (Å²) in [6.07, 6.45) is 3.34. The lowest BCUT2D eigenvalue weighted by Gasteiger charge is -2.02. The molecular weight excluding hydrogens is 293 g/mol. The predicted octanol–water partition coefficient (Wildman–Crippen LogP) is 2.74. The Balaban J connectivity index is 2.28. The van der Waals surface area contributed by atoms with E-state index in [0.717, 1.165) is 10.5 Å². The predicted molar refractivity (Wildman–Crippen MR) is 62.1 cm³/mol. The summed E-state index contributed by atoms with van der Waals surface area (Å²) in [5.74, 6) is -0.833. The van der Waals surface area contributed by atoms with Crippen LogP contribution in [-0.4, -0.2) is 14.7 Å². The summed E-state index contributed by atoms with van der Waals surface area (Å²) in [6, 6.07) is 3.80. The first-order chi connectivity index (χ1) is 8.06. The van der Waals surface area contributed by atoms with Crippen LogP contribution < -0.4 is 0 Å². The van der Waals surface area contributed by atoms with E-state index in [2.05, 4.69) is 21.0 Å². The molecule has 2 aromatic rings. The van der Waals surface area contributed by atoms with Crippen molar-refractivity contribution in [1.29, 1.82) is 0 Å². The fraction of sp³-hybridized carbons (Fsp3) is 0.100. The molecule has 2 rings (SSSR count). The van der Waals surface area contributed by atoms with Crippen LogP contribution in [0.25, 0.3) is 0 Å². The molecule has 88 valence electrons. The van der Waals surface area contributed by atoms with Gasteiger partial charge in [-0.15, -0.1) is 0 Å². The zero-order valence-corrected chi connectivity index (χ0v) is 10.1. The van der Waals surface area contributed by atoms with Crippen molar-refractivity contribution < 1.29 is 9.31 Å². The van der Waals surface area contributed by atoms with Gasteiger partial charge in [0.25, 0.3) is 0 Å². The van der Waals surface area contributed by atoms with E-state index in [0.29, 0.717) is 12.1 Å². The highest BCUT2D eigenvalue weighted by Gasteiger charge is 2.14. The van der Waals surface area contributed by atoms with Crippen LogP contribution in [-0.2, 0) is 6.54 Å². The maximum atomic E-state index is 13.1. The molecule has 0 saturated carbocycles. The fourth-order valence-corrected chi connectivity index (χ4v) is 1.74. The molecule has 1 heterocycles. The maximum Gasteiger partial charge on any atom is 0.305 e. The minimum absolute atomic E-state index is 0.354. The summed E-state index contributed by atoms with van der Waals surface area (Å²) in [5, 5.41) is 14.6. The molecular formula is C10H7BrFN3O2. The van der Waals surface area contributed by atoms with E-state index in [9.17, 15) is 14.5 Å². The molecule has 1 aromatic heterocycles. The number of halogens is 2. The number of hydrogen-bond acceptors (Lipinski definition) is 3. The highest BCUT2D eigenvalue weighted by Crippen LogP contribution is 2.19. The van der Waals surface area contributed by atoms with Gasteiger partial charge < -0.3 is 0 Å². The van der Waals surface area contributed by atoms with E-state index in [1.807, 2.05) is 0 Å². The standard InChI is InChI=1S/C10H7BrFN3O2/c11-8-4-13-14(6-8)5-7-1-2-9(12)10(3-7)15(16)17/h1-4,6H,5H2. The molecule has 0 aliphatic carbocycles. The monoisotopic (exact) mass is 299 g/mol. The Morgan fingerprint density at radius 1 is 1.53 bits per heavy atom. The van der Waals surface area contributed by atoms with Crippen LogP contribution in [0.2, 0.25) is 0 Å². The second-order valence-corrected chi connectivity index (χ2v) is 4.31. The molecule has 0 spiro atoms. The molecule has 1 aromatic carbocycles. The van der Waals surface area contributed by atoms with E-state index in [-0.39, 0.29) is 0 Å². The summed E-state index contributed by atoms with van der Waals surface area (Å²) >= 11 is 3.24. The van der Waals surface area contributed by atoms with Gasteiger partial charge in [0.1, 0.15) is 0 Å². The molecule has 0 aliphatic heterocycles. The number of benzene rings is 1. The van der Waals surface area contributed by atoms with E-state index in [4.69, 9.17) is 0 Å². The Bertz CT molecular complexity index is 570. The Labute approximate surface area is 104 Å². The third-order valence-electron chi connectivity index (χ3n) is 2.15. The first-order valence-corrected chi connectivity index (χ1v) is 5.46. The normalized spacial score (nSPS) is 10.5. The molecule has 0 aliphatic rings. The van der Waals surface area contributed by atoms with Gasteiger partial charge in [-0.05, 0) is 27.6 Å². The van der Waals surface area contributed by atoms with Gasteiger partial charge in [0.2, 0.25) is 5.82 Å². The van der Waals surface area contributed by atoms with Gasteiger partial charge in [-0.1, -0.05) is 6.07 Å². The van der Waals surface area contributed by atoms with Crippen molar-refractivity contribution in [3.05, 3.63) is 56.6 Å². The zero-order chi connectivity index (χ0) is 12.4. The lowest BCUT2D eigenvalue weighted by molar-refractivity contribution is -0.387. The van der Waals surface area contributed by atoms with Gasteiger partial charge in [-0.3, -0.25) is 14.8 Å². The first kappa shape index (κ1) is 11.7. The second kappa shape index (κ2) is 4.62. The van der Waals surface area contributed by atoms with Crippen LogP contribution >= 0.6 is 15.9 Å². The third kappa shape index (κ3) is 2.68. The SMILES string of the molecule is O=[N+]([O-])c1cc(Cn2cc(Br)cn2)ccc1F. The smallest absolute Gasteiger partial charge is 0.267 e. The average molecular weight is 300 g/mol. The first-order valence-electron chi connectivity index (χ1n) is 4.67. The zero-order valence-electron chi connectivity index (χ0n) is 8.51. The van der Waals surface area contributed by atoms with Gasteiger partial charge >= 0.3 is 5.69 Å². The van der Waals surface area contributed by atoms with Crippen molar-refractivity contribution in [2.45, 2.75) is 6.54 Å². The number of nitro benzene ring substituents is 1. The average Bonchev–Trinajstić information content (AvgIpc) is 2.66. The fourth-order valence-electron chi connectivity index (χ4n) is 1.41. The van der Waals surface area contributed by atoms with Crippen LogP contribution in [0.1, 0.15) is 5.56 Å². The number of aromatic nitrogens is 2. The van der Waals surface area contributed by atoms with Crippen molar-refractivity contribution in [3.63, 3.8) is 0 Å². The highest BCUT2D eigenvalue weighted by atomic mass is 79.9. The molecule has 0 unspecified atom stereocenters. The summed E-state index contributed by atoms with van der Waals surface area (Å²) in [6.45, 7) is 0.354. The lowest BCUT2D eigenvalue weighted by Crippen LogP contribution is -2.01. The Morgan fingerprint density at radius 2 is 2.29 bits per heavy atom. The number of hydrogen-bond donors (Lipinski definition) is 0. The van der Waals surface area contributed by atoms with Gasteiger partial charge in [0, 0.05) is 12.3 Å². The molecule has 0 saturated heterocycles. The molecule has 0 atom stereocenters. The summed E-state index contributed by atoms with van der Waals surface area (Å²) in [4.78, 5) is 9.83. The van der Waals surface area contributed by atoms with Crippen molar-refractivity contribution in [3.8, 4) is 0 Å². The molecule has 0 amide bonds. The van der Waals surface area contributed by atoms with Crippen LogP contribution in [0.5, 0.6) is 0 Å².